The summed E-state index contributed by atoms with van der Waals surface area (Å²) in [4.78, 5) is 38.9. The number of allylic oxidation sites excluding steroid dienone is 4. The van der Waals surface area contributed by atoms with Crippen molar-refractivity contribution in [1.82, 2.24) is 19.4 Å². The number of hydrogen-bond donors (Lipinski definition) is 1. The number of aromatic hydroxyl groups is 1. The molecule has 3 heterocycles. The summed E-state index contributed by atoms with van der Waals surface area (Å²) >= 11 is -1.61. The first-order valence-corrected chi connectivity index (χ1v) is 15.6. The van der Waals surface area contributed by atoms with Gasteiger partial charge in [0.1, 0.15) is 35.0 Å². The van der Waals surface area contributed by atoms with Crippen LogP contribution in [0.3, 0.4) is 0 Å². The van der Waals surface area contributed by atoms with Crippen LogP contribution < -0.4 is 10.6 Å². The highest BCUT2D eigenvalue weighted by atomic mass is 32.2. The van der Waals surface area contributed by atoms with Gasteiger partial charge in [0.15, 0.2) is 16.4 Å². The van der Waals surface area contributed by atoms with Gasteiger partial charge in [0.25, 0.3) is 0 Å². The molecule has 9 nitrogen and oxygen atoms in total. The number of rotatable bonds is 8. The number of halogens is 2. The first-order valence-electron chi connectivity index (χ1n) is 14.0. The van der Waals surface area contributed by atoms with Gasteiger partial charge in [-0.1, -0.05) is 39.1 Å². The van der Waals surface area contributed by atoms with E-state index in [0.29, 0.717) is 18.7 Å². The molecule has 1 aromatic carbocycles. The number of phenols is 1. The smallest absolute Gasteiger partial charge is 0.356 e. The summed E-state index contributed by atoms with van der Waals surface area (Å²) in [5, 5.41) is 10.6. The Morgan fingerprint density at radius 3 is 2.50 bits per heavy atom. The molecule has 0 spiro atoms. The van der Waals surface area contributed by atoms with E-state index in [1.54, 1.807) is 28.9 Å². The van der Waals surface area contributed by atoms with Gasteiger partial charge in [0.2, 0.25) is 5.91 Å². The maximum Gasteiger partial charge on any atom is 0.356 e. The molecule has 4 rings (SSSR count). The normalized spacial score (nSPS) is 16.9. The van der Waals surface area contributed by atoms with Crippen LogP contribution in [-0.2, 0) is 16.0 Å². The maximum atomic E-state index is 15.9. The molecule has 3 aromatic rings. The van der Waals surface area contributed by atoms with Gasteiger partial charge in [0, 0.05) is 25.7 Å². The third kappa shape index (κ3) is 6.04. The third-order valence-electron chi connectivity index (χ3n) is 7.50. The van der Waals surface area contributed by atoms with Gasteiger partial charge in [-0.15, -0.1) is 0 Å². The SMILES string of the molecule is C=CC(=O)N1CCN(c2nc(=O)n(/C(C(=C)C(C)C)=C(/C=C\C)[S+](C)[O-])c3nc(-c4c(O)cccc4F)c(F)cc23)[C@@H](C)C1. The van der Waals surface area contributed by atoms with Crippen LogP contribution in [0.2, 0.25) is 0 Å². The van der Waals surface area contributed by atoms with Crippen molar-refractivity contribution < 1.29 is 23.2 Å². The fourth-order valence-electron chi connectivity index (χ4n) is 5.20. The lowest BCUT2D eigenvalue weighted by atomic mass is 10.0. The van der Waals surface area contributed by atoms with Crippen LogP contribution in [0.1, 0.15) is 27.7 Å². The van der Waals surface area contributed by atoms with E-state index in [9.17, 15) is 19.2 Å². The number of nitrogens with zero attached hydrogens (tertiary/aromatic N) is 5. The highest BCUT2D eigenvalue weighted by Crippen LogP contribution is 2.37. The van der Waals surface area contributed by atoms with Crippen LogP contribution in [0.4, 0.5) is 14.6 Å². The molecule has 0 bridgehead atoms. The number of amides is 1. The minimum atomic E-state index is -1.61. The molecular weight excluding hydrogens is 588 g/mol. The predicted octanol–water partition coefficient (Wildman–Crippen LogP) is 5.00. The second-order valence-corrected chi connectivity index (χ2v) is 12.1. The van der Waals surface area contributed by atoms with Crippen molar-refractivity contribution in [3.63, 3.8) is 0 Å². The largest absolute Gasteiger partial charge is 0.612 e. The predicted molar refractivity (Wildman–Crippen MR) is 170 cm³/mol. The Morgan fingerprint density at radius 1 is 1.23 bits per heavy atom. The topological polar surface area (TPSA) is 115 Å². The minimum Gasteiger partial charge on any atom is -0.612 e. The van der Waals surface area contributed by atoms with Crippen molar-refractivity contribution in [2.75, 3.05) is 30.8 Å². The first-order chi connectivity index (χ1) is 20.8. The zero-order valence-corrected chi connectivity index (χ0v) is 26.1. The Balaban J connectivity index is 2.15. The van der Waals surface area contributed by atoms with Crippen molar-refractivity contribution in [3.8, 4) is 17.0 Å². The second kappa shape index (κ2) is 13.1. The highest BCUT2D eigenvalue weighted by Gasteiger charge is 2.32. The standard InChI is InChI=1S/C32H35F2N5O4S/c1-8-11-25(44(7)43)29(20(6)18(3)4)39-31-21(16-23(34)28(35-31)27-22(33)12-10-13-24(27)40)30(36-32(39)42)38-15-14-37(17-19(38)5)26(41)9-2/h8-13,16,18-19,40H,2,6,14-15,17H2,1,3-5,7H3/b11-8-,29-25-/t19-,44?/m0/s1. The Bertz CT molecular complexity index is 1750. The van der Waals surface area contributed by atoms with E-state index in [1.807, 2.05) is 20.8 Å². The summed E-state index contributed by atoms with van der Waals surface area (Å²) in [6.45, 7) is 15.9. The quantitative estimate of drug-likeness (QED) is 0.213. The number of carbonyl (C=O) groups is 1. The molecule has 1 amide bonds. The summed E-state index contributed by atoms with van der Waals surface area (Å²) in [7, 11) is 0. The molecule has 1 fully saturated rings. The van der Waals surface area contributed by atoms with E-state index in [2.05, 4.69) is 23.1 Å². The lowest BCUT2D eigenvalue weighted by Crippen LogP contribution is -2.54. The monoisotopic (exact) mass is 623 g/mol. The van der Waals surface area contributed by atoms with Crippen molar-refractivity contribution in [2.45, 2.75) is 33.7 Å². The summed E-state index contributed by atoms with van der Waals surface area (Å²) in [6.07, 6.45) is 5.95. The van der Waals surface area contributed by atoms with E-state index < -0.39 is 45.5 Å². The molecule has 12 heteroatoms. The Kier molecular flexibility index (Phi) is 9.75. The average Bonchev–Trinajstić information content (AvgIpc) is 2.97. The van der Waals surface area contributed by atoms with Gasteiger partial charge in [-0.25, -0.2) is 23.1 Å². The number of benzene rings is 1. The number of phenolic OH excluding ortho intramolecular Hbond substituents is 1. The second-order valence-electron chi connectivity index (χ2n) is 10.8. The summed E-state index contributed by atoms with van der Waals surface area (Å²) in [6, 6.07) is 4.31. The minimum absolute atomic E-state index is 0.0971. The third-order valence-corrected chi connectivity index (χ3v) is 8.45. The number of piperazine rings is 1. The lowest BCUT2D eigenvalue weighted by Gasteiger charge is -2.40. The van der Waals surface area contributed by atoms with Crippen LogP contribution in [0, 0.1) is 17.6 Å². The summed E-state index contributed by atoms with van der Waals surface area (Å²) in [5.74, 6) is -2.75. The van der Waals surface area contributed by atoms with Crippen molar-refractivity contribution >= 4 is 39.6 Å². The van der Waals surface area contributed by atoms with Gasteiger partial charge in [-0.2, -0.15) is 4.98 Å². The maximum absolute atomic E-state index is 15.9. The zero-order valence-electron chi connectivity index (χ0n) is 25.3. The molecule has 1 aliphatic rings. The Labute approximate surface area is 257 Å². The molecule has 1 aliphatic heterocycles. The van der Waals surface area contributed by atoms with Gasteiger partial charge in [-0.05, 0) is 66.9 Å². The van der Waals surface area contributed by atoms with Crippen molar-refractivity contribution in [3.05, 3.63) is 88.2 Å². The van der Waals surface area contributed by atoms with Crippen LogP contribution in [0.5, 0.6) is 5.75 Å². The number of carbonyl (C=O) groups excluding carboxylic acids is 1. The van der Waals surface area contributed by atoms with Gasteiger partial charge < -0.3 is 19.5 Å². The molecule has 0 saturated carbocycles. The van der Waals surface area contributed by atoms with Gasteiger partial charge in [0.05, 0.1) is 10.9 Å². The van der Waals surface area contributed by atoms with Crippen molar-refractivity contribution in [1.29, 1.82) is 0 Å². The first kappa shape index (κ1) is 32.6. The molecule has 1 N–H and O–H groups in total. The number of fused-ring (bicyclic) bond motifs is 1. The molecule has 2 aromatic heterocycles. The molecule has 1 unspecified atom stereocenters. The number of pyridine rings is 1. The number of anilines is 1. The Hall–Kier alpha value is -4.29. The highest BCUT2D eigenvalue weighted by molar-refractivity contribution is 7.95. The van der Waals surface area contributed by atoms with Crippen LogP contribution >= 0.6 is 0 Å². The van der Waals surface area contributed by atoms with Crippen molar-refractivity contribution in [2.24, 2.45) is 5.92 Å². The van der Waals surface area contributed by atoms with E-state index in [4.69, 9.17) is 0 Å². The number of hydrogen-bond acceptors (Lipinski definition) is 7. The fraction of sp³-hybridized carbons (Fsp3) is 0.312. The molecule has 232 valence electrons. The summed E-state index contributed by atoms with van der Waals surface area (Å²) < 4.78 is 45.1. The molecule has 0 radical (unpaired) electrons. The van der Waals surface area contributed by atoms with E-state index in [1.165, 1.54) is 24.5 Å². The van der Waals surface area contributed by atoms with E-state index in [0.717, 1.165) is 16.7 Å². The van der Waals surface area contributed by atoms with Crippen LogP contribution in [0.15, 0.2) is 70.9 Å². The Morgan fingerprint density at radius 2 is 1.93 bits per heavy atom. The molecule has 44 heavy (non-hydrogen) atoms. The average molecular weight is 624 g/mol. The molecule has 2 atom stereocenters. The van der Waals surface area contributed by atoms with E-state index in [-0.39, 0.29) is 51.9 Å². The molecule has 1 saturated heterocycles. The number of aromatic nitrogens is 3. The van der Waals surface area contributed by atoms with Crippen LogP contribution in [0.25, 0.3) is 28.0 Å². The van der Waals surface area contributed by atoms with Gasteiger partial charge in [-0.3, -0.25) is 4.79 Å². The fourth-order valence-corrected chi connectivity index (χ4v) is 6.02. The van der Waals surface area contributed by atoms with Crippen LogP contribution in [-0.4, -0.2) is 66.9 Å². The summed E-state index contributed by atoms with van der Waals surface area (Å²) in [5.41, 5.74) is -1.29. The van der Waals surface area contributed by atoms with Gasteiger partial charge >= 0.3 is 5.69 Å². The molecule has 0 aliphatic carbocycles. The zero-order chi connectivity index (χ0) is 32.5. The molecular formula is C32H35F2N5O4S. The lowest BCUT2D eigenvalue weighted by molar-refractivity contribution is -0.126. The van der Waals surface area contributed by atoms with E-state index >= 15 is 8.78 Å².